The van der Waals surface area contributed by atoms with E-state index in [1.807, 2.05) is 13.8 Å². The fourth-order valence-corrected chi connectivity index (χ4v) is 4.92. The van der Waals surface area contributed by atoms with Gasteiger partial charge in [0, 0.05) is 42.7 Å². The first kappa shape index (κ1) is 17.3. The smallest absolute Gasteiger partial charge is 0.166 e. The van der Waals surface area contributed by atoms with Crippen LogP contribution in [0.15, 0.2) is 18.5 Å². The second-order valence-corrected chi connectivity index (χ2v) is 8.85. The zero-order chi connectivity index (χ0) is 19.8. The van der Waals surface area contributed by atoms with E-state index in [0.717, 1.165) is 40.8 Å². The highest BCUT2D eigenvalue weighted by molar-refractivity contribution is 5.87. The number of anilines is 1. The number of fused-ring (bicyclic) bond motifs is 4. The van der Waals surface area contributed by atoms with Crippen LogP contribution in [0.5, 0.6) is 0 Å². The van der Waals surface area contributed by atoms with Crippen molar-refractivity contribution < 1.29 is 9.13 Å². The van der Waals surface area contributed by atoms with Crippen molar-refractivity contribution in [3.05, 3.63) is 29.8 Å². The molecule has 150 valence electrons. The van der Waals surface area contributed by atoms with E-state index in [-0.39, 0.29) is 0 Å². The highest BCUT2D eigenvalue weighted by Crippen LogP contribution is 2.45. The van der Waals surface area contributed by atoms with Crippen molar-refractivity contribution >= 4 is 17.0 Å². The van der Waals surface area contributed by atoms with Crippen LogP contribution in [-0.4, -0.2) is 43.7 Å². The van der Waals surface area contributed by atoms with Gasteiger partial charge in [-0.2, -0.15) is 0 Å². The molecule has 0 radical (unpaired) electrons. The molecule has 3 aliphatic heterocycles. The minimum atomic E-state index is -0.556. The average molecular weight is 394 g/mol. The molecular weight excluding hydrogens is 371 g/mol. The lowest BCUT2D eigenvalue weighted by molar-refractivity contribution is -0.0530. The van der Waals surface area contributed by atoms with E-state index in [0.29, 0.717) is 30.6 Å². The van der Waals surface area contributed by atoms with E-state index >= 15 is 0 Å². The molecule has 1 saturated carbocycles. The molecule has 8 heteroatoms. The van der Waals surface area contributed by atoms with Crippen LogP contribution < -0.4 is 4.90 Å². The largest absolute Gasteiger partial charge is 0.366 e. The lowest BCUT2D eigenvalue weighted by Gasteiger charge is -2.30. The maximum absolute atomic E-state index is 13.2. The summed E-state index contributed by atoms with van der Waals surface area (Å²) in [7, 11) is 0. The zero-order valence-corrected chi connectivity index (χ0v) is 16.6. The predicted molar refractivity (Wildman–Crippen MR) is 106 cm³/mol. The van der Waals surface area contributed by atoms with Crippen molar-refractivity contribution in [3.8, 4) is 11.4 Å². The van der Waals surface area contributed by atoms with E-state index in [2.05, 4.69) is 14.5 Å². The fourth-order valence-electron chi connectivity index (χ4n) is 4.92. The van der Waals surface area contributed by atoms with Gasteiger partial charge >= 0.3 is 0 Å². The minimum Gasteiger partial charge on any atom is -0.366 e. The highest BCUT2D eigenvalue weighted by Gasteiger charge is 2.45. The Kier molecular flexibility index (Phi) is 3.54. The van der Waals surface area contributed by atoms with Crippen molar-refractivity contribution in [1.82, 2.24) is 24.5 Å². The molecular formula is C21H23FN6O. The third-order valence-corrected chi connectivity index (χ3v) is 6.48. The van der Waals surface area contributed by atoms with Crippen LogP contribution in [0, 0.1) is 5.92 Å². The molecule has 3 aromatic rings. The number of aromatic nitrogens is 5. The second-order valence-electron chi connectivity index (χ2n) is 8.85. The van der Waals surface area contributed by atoms with Crippen LogP contribution in [0.2, 0.25) is 0 Å². The summed E-state index contributed by atoms with van der Waals surface area (Å²) in [6.07, 6.45) is 5.69. The SMILES string of the molecule is CC1(C)OCCn2c1nc1c(N3CC4CC3C4)nc(-c3cncc(CF)c3)nc12. The van der Waals surface area contributed by atoms with Crippen LogP contribution >= 0.6 is 0 Å². The normalized spacial score (nSPS) is 24.6. The molecule has 29 heavy (non-hydrogen) atoms. The lowest BCUT2D eigenvalue weighted by Crippen LogP contribution is -2.33. The molecule has 7 nitrogen and oxygen atoms in total. The van der Waals surface area contributed by atoms with Gasteiger partial charge in [0.25, 0.3) is 0 Å². The average Bonchev–Trinajstić information content (AvgIpc) is 3.39. The maximum atomic E-state index is 13.2. The molecule has 6 heterocycles. The molecule has 0 spiro atoms. The van der Waals surface area contributed by atoms with Crippen LogP contribution in [0.1, 0.15) is 38.1 Å². The number of ether oxygens (including phenoxy) is 1. The van der Waals surface area contributed by atoms with Gasteiger partial charge in [0.15, 0.2) is 22.8 Å². The first-order valence-electron chi connectivity index (χ1n) is 10.2. The van der Waals surface area contributed by atoms with Crippen LogP contribution in [0.25, 0.3) is 22.6 Å². The molecule has 7 rings (SSSR count). The minimum absolute atomic E-state index is 0.473. The number of hydrogen-bond acceptors (Lipinski definition) is 6. The highest BCUT2D eigenvalue weighted by atomic mass is 19.1. The van der Waals surface area contributed by atoms with Crippen molar-refractivity contribution in [1.29, 1.82) is 0 Å². The van der Waals surface area contributed by atoms with Gasteiger partial charge in [-0.25, -0.2) is 19.3 Å². The summed E-state index contributed by atoms with van der Waals surface area (Å²) in [4.78, 5) is 21.3. The zero-order valence-electron chi connectivity index (χ0n) is 16.6. The topological polar surface area (TPSA) is 69.0 Å². The van der Waals surface area contributed by atoms with Gasteiger partial charge in [-0.3, -0.25) is 4.98 Å². The van der Waals surface area contributed by atoms with Gasteiger partial charge in [0.05, 0.1) is 6.61 Å². The molecule has 3 fully saturated rings. The van der Waals surface area contributed by atoms with Gasteiger partial charge in [0.1, 0.15) is 18.1 Å². The number of halogens is 1. The molecule has 0 unspecified atom stereocenters. The van der Waals surface area contributed by atoms with E-state index < -0.39 is 12.3 Å². The Hall–Kier alpha value is -2.61. The van der Waals surface area contributed by atoms with Gasteiger partial charge in [-0.15, -0.1) is 0 Å². The first-order chi connectivity index (χ1) is 14.0. The molecule has 4 aliphatic rings. The van der Waals surface area contributed by atoms with Gasteiger partial charge < -0.3 is 14.2 Å². The molecule has 2 saturated heterocycles. The van der Waals surface area contributed by atoms with Crippen LogP contribution in [0.4, 0.5) is 10.2 Å². The summed E-state index contributed by atoms with van der Waals surface area (Å²) in [5.41, 5.74) is 2.45. The van der Waals surface area contributed by atoms with Crippen molar-refractivity contribution in [2.75, 3.05) is 18.1 Å². The fraction of sp³-hybridized carbons (Fsp3) is 0.524. The van der Waals surface area contributed by atoms with Crippen LogP contribution in [-0.2, 0) is 23.6 Å². The lowest BCUT2D eigenvalue weighted by atomic mass is 9.86. The van der Waals surface area contributed by atoms with Gasteiger partial charge in [0.2, 0.25) is 0 Å². The predicted octanol–water partition coefficient (Wildman–Crippen LogP) is 3.22. The first-order valence-corrected chi connectivity index (χ1v) is 10.2. The Labute approximate surface area is 168 Å². The number of imidazole rings is 1. The third-order valence-electron chi connectivity index (χ3n) is 6.48. The summed E-state index contributed by atoms with van der Waals surface area (Å²) in [6.45, 7) is 5.87. The maximum Gasteiger partial charge on any atom is 0.166 e. The third kappa shape index (κ3) is 2.51. The van der Waals surface area contributed by atoms with E-state index in [1.165, 1.54) is 12.8 Å². The van der Waals surface area contributed by atoms with Crippen molar-refractivity contribution in [2.45, 2.75) is 51.6 Å². The Morgan fingerprint density at radius 2 is 2.07 bits per heavy atom. The number of pyridine rings is 1. The van der Waals surface area contributed by atoms with E-state index in [9.17, 15) is 4.39 Å². The van der Waals surface area contributed by atoms with Crippen LogP contribution in [0.3, 0.4) is 0 Å². The summed E-state index contributed by atoms with van der Waals surface area (Å²) in [5.74, 6) is 3.10. The van der Waals surface area contributed by atoms with Gasteiger partial charge in [-0.05, 0) is 38.7 Å². The molecule has 3 aromatic heterocycles. The Morgan fingerprint density at radius 3 is 2.83 bits per heavy atom. The molecule has 0 atom stereocenters. The summed E-state index contributed by atoms with van der Waals surface area (Å²) in [6, 6.07) is 2.31. The van der Waals surface area contributed by atoms with Gasteiger partial charge in [-0.1, -0.05) is 0 Å². The number of alkyl halides is 1. The summed E-state index contributed by atoms with van der Waals surface area (Å²) >= 11 is 0. The number of nitrogens with zero attached hydrogens (tertiary/aromatic N) is 6. The Balaban J connectivity index is 1.60. The molecule has 0 aromatic carbocycles. The molecule has 0 N–H and O–H groups in total. The molecule has 0 amide bonds. The Morgan fingerprint density at radius 1 is 1.21 bits per heavy atom. The number of rotatable bonds is 3. The molecule has 1 aliphatic carbocycles. The van der Waals surface area contributed by atoms with Crippen molar-refractivity contribution in [2.24, 2.45) is 5.92 Å². The summed E-state index contributed by atoms with van der Waals surface area (Å²) in [5, 5.41) is 0. The molecule has 2 bridgehead atoms. The van der Waals surface area contributed by atoms with Crippen molar-refractivity contribution in [3.63, 3.8) is 0 Å². The monoisotopic (exact) mass is 394 g/mol. The quantitative estimate of drug-likeness (QED) is 0.679. The Bertz CT molecular complexity index is 1120. The second kappa shape index (κ2) is 5.95. The number of hydrogen-bond donors (Lipinski definition) is 0. The summed E-state index contributed by atoms with van der Waals surface area (Å²) < 4.78 is 21.3. The standard InChI is InChI=1S/C21H23FN6O/c1-21(2)20-24-16-18(27(20)3-4-29-21)25-17(14-5-13(8-22)9-23-10-14)26-19(16)28-11-12-6-15(28)7-12/h5,9-10,12,15H,3-4,6-8,11H2,1-2H3. The van der Waals surface area contributed by atoms with E-state index in [1.54, 1.807) is 18.5 Å². The van der Waals surface area contributed by atoms with E-state index in [4.69, 9.17) is 19.7 Å².